The second-order valence-electron chi connectivity index (χ2n) is 8.05. The van der Waals surface area contributed by atoms with Crippen molar-refractivity contribution in [1.82, 2.24) is 0 Å². The third kappa shape index (κ3) is 6.10. The lowest BCUT2D eigenvalue weighted by Crippen LogP contribution is -2.16. The molecule has 0 unspecified atom stereocenters. The number of aryl methyl sites for hydroxylation is 2. The third-order valence-corrected chi connectivity index (χ3v) is 5.59. The highest BCUT2D eigenvalue weighted by atomic mass is 16.6. The van der Waals surface area contributed by atoms with Crippen LogP contribution in [0, 0.1) is 0 Å². The van der Waals surface area contributed by atoms with Crippen LogP contribution in [0.2, 0.25) is 0 Å². The lowest BCUT2D eigenvalue weighted by atomic mass is 9.94. The maximum absolute atomic E-state index is 13.0. The maximum Gasteiger partial charge on any atom is 0.343 e. The van der Waals surface area contributed by atoms with Gasteiger partial charge in [-0.3, -0.25) is 0 Å². The Morgan fingerprint density at radius 1 is 0.667 bits per heavy atom. The second-order valence-corrected chi connectivity index (χ2v) is 8.05. The molecule has 0 atom stereocenters. The summed E-state index contributed by atoms with van der Waals surface area (Å²) >= 11 is 0. The minimum atomic E-state index is -0.465. The van der Waals surface area contributed by atoms with Crippen molar-refractivity contribution in [1.29, 1.82) is 0 Å². The van der Waals surface area contributed by atoms with Crippen LogP contribution in [0.15, 0.2) is 66.7 Å². The fourth-order valence-electron chi connectivity index (χ4n) is 3.90. The predicted octanol–water partition coefficient (Wildman–Crippen LogP) is 6.98. The van der Waals surface area contributed by atoms with Crippen molar-refractivity contribution in [3.63, 3.8) is 0 Å². The van der Waals surface area contributed by atoms with Crippen LogP contribution in [0.1, 0.15) is 77.4 Å². The highest BCUT2D eigenvalue weighted by molar-refractivity contribution is 5.93. The number of esters is 2. The molecular formula is C29H32O4. The largest absolute Gasteiger partial charge is 0.419 e. The summed E-state index contributed by atoms with van der Waals surface area (Å²) in [5.41, 5.74) is 3.87. The van der Waals surface area contributed by atoms with Gasteiger partial charge in [0.25, 0.3) is 0 Å². The molecule has 0 aliphatic heterocycles. The van der Waals surface area contributed by atoms with Gasteiger partial charge >= 0.3 is 11.9 Å². The van der Waals surface area contributed by atoms with Crippen molar-refractivity contribution in [2.75, 3.05) is 0 Å². The Morgan fingerprint density at radius 3 is 1.70 bits per heavy atom. The molecule has 172 valence electrons. The molecule has 3 rings (SSSR count). The van der Waals surface area contributed by atoms with Gasteiger partial charge in [-0.1, -0.05) is 76.1 Å². The predicted molar refractivity (Wildman–Crippen MR) is 131 cm³/mol. The summed E-state index contributed by atoms with van der Waals surface area (Å²) in [6, 6.07) is 19.9. The van der Waals surface area contributed by atoms with Crippen molar-refractivity contribution < 1.29 is 19.1 Å². The topological polar surface area (TPSA) is 52.6 Å². The number of hydrogen-bond acceptors (Lipinski definition) is 4. The maximum atomic E-state index is 13.0. The zero-order chi connectivity index (χ0) is 23.6. The number of benzene rings is 3. The number of hydrogen-bond donors (Lipinski definition) is 0. The van der Waals surface area contributed by atoms with E-state index in [-0.39, 0.29) is 0 Å². The van der Waals surface area contributed by atoms with Gasteiger partial charge in [0.05, 0.1) is 11.1 Å². The Kier molecular flexibility index (Phi) is 8.82. The van der Waals surface area contributed by atoms with E-state index < -0.39 is 11.9 Å². The fraction of sp³-hybridized carbons (Fsp3) is 0.310. The average Bonchev–Trinajstić information content (AvgIpc) is 2.85. The van der Waals surface area contributed by atoms with Gasteiger partial charge in [0.2, 0.25) is 0 Å². The van der Waals surface area contributed by atoms with Crippen LogP contribution in [0.5, 0.6) is 11.5 Å². The molecule has 4 nitrogen and oxygen atoms in total. The standard InChI is InChI=1S/C29H32O4/c1-4-7-15-23-20-24(14-5-2)26(32-28(30)21-16-10-8-11-17-21)27(25(23)6-3)33-29(31)22-18-12-9-13-19-22/h8-13,16-20H,4-7,14-15H2,1-3H3. The summed E-state index contributed by atoms with van der Waals surface area (Å²) in [6.45, 7) is 6.27. The molecule has 33 heavy (non-hydrogen) atoms. The second kappa shape index (κ2) is 12.0. The molecule has 0 saturated heterocycles. The summed E-state index contributed by atoms with van der Waals surface area (Å²) in [5, 5.41) is 0. The lowest BCUT2D eigenvalue weighted by molar-refractivity contribution is 0.0679. The number of unbranched alkanes of at least 4 members (excludes halogenated alkanes) is 1. The Bertz CT molecular complexity index is 1070. The highest BCUT2D eigenvalue weighted by Gasteiger charge is 2.25. The molecule has 0 amide bonds. The molecule has 0 bridgehead atoms. The van der Waals surface area contributed by atoms with E-state index in [1.165, 1.54) is 0 Å². The van der Waals surface area contributed by atoms with Crippen LogP contribution in [-0.4, -0.2) is 11.9 Å². The van der Waals surface area contributed by atoms with Crippen molar-refractivity contribution >= 4 is 11.9 Å². The first kappa shape index (κ1) is 24.2. The van der Waals surface area contributed by atoms with E-state index in [1.54, 1.807) is 48.5 Å². The molecule has 0 aliphatic rings. The summed E-state index contributed by atoms with van der Waals surface area (Å²) in [6.07, 6.45) is 5.25. The van der Waals surface area contributed by atoms with E-state index in [0.29, 0.717) is 29.0 Å². The molecule has 0 heterocycles. The van der Waals surface area contributed by atoms with E-state index in [9.17, 15) is 9.59 Å². The SMILES string of the molecule is CCCCc1cc(CCC)c(OC(=O)c2ccccc2)c(OC(=O)c2ccccc2)c1CC. The third-order valence-electron chi connectivity index (χ3n) is 5.59. The van der Waals surface area contributed by atoms with Gasteiger partial charge < -0.3 is 9.47 Å². The summed E-state index contributed by atoms with van der Waals surface area (Å²) in [7, 11) is 0. The molecule has 0 fully saturated rings. The quantitative estimate of drug-likeness (QED) is 0.250. The first-order chi connectivity index (χ1) is 16.1. The van der Waals surface area contributed by atoms with Gasteiger partial charge in [0, 0.05) is 5.56 Å². The zero-order valence-electron chi connectivity index (χ0n) is 19.7. The molecular weight excluding hydrogens is 412 g/mol. The number of rotatable bonds is 10. The highest BCUT2D eigenvalue weighted by Crippen LogP contribution is 2.40. The number of carbonyl (C=O) groups is 2. The van der Waals surface area contributed by atoms with E-state index >= 15 is 0 Å². The monoisotopic (exact) mass is 444 g/mol. The van der Waals surface area contributed by atoms with Crippen LogP contribution in [-0.2, 0) is 19.3 Å². The average molecular weight is 445 g/mol. The van der Waals surface area contributed by atoms with Crippen molar-refractivity contribution in [3.05, 3.63) is 94.5 Å². The molecule has 0 aliphatic carbocycles. The van der Waals surface area contributed by atoms with Crippen LogP contribution in [0.4, 0.5) is 0 Å². The van der Waals surface area contributed by atoms with Gasteiger partial charge in [-0.15, -0.1) is 0 Å². The summed E-state index contributed by atoms with van der Waals surface area (Å²) in [5.74, 6) is -0.203. The minimum absolute atomic E-state index is 0.354. The van der Waals surface area contributed by atoms with Gasteiger partial charge in [-0.25, -0.2) is 9.59 Å². The Hall–Kier alpha value is -3.40. The van der Waals surface area contributed by atoms with E-state index in [0.717, 1.165) is 48.8 Å². The normalized spacial score (nSPS) is 10.6. The first-order valence-corrected chi connectivity index (χ1v) is 11.8. The molecule has 0 saturated carbocycles. The Labute approximate surface area is 196 Å². The minimum Gasteiger partial charge on any atom is -0.419 e. The molecule has 0 N–H and O–H groups in total. The van der Waals surface area contributed by atoms with E-state index in [1.807, 2.05) is 19.1 Å². The van der Waals surface area contributed by atoms with Crippen LogP contribution in [0.3, 0.4) is 0 Å². The van der Waals surface area contributed by atoms with Gasteiger partial charge in [-0.05, 0) is 61.1 Å². The number of carbonyl (C=O) groups excluding carboxylic acids is 2. The molecule has 3 aromatic carbocycles. The molecule has 0 aromatic heterocycles. The smallest absolute Gasteiger partial charge is 0.343 e. The van der Waals surface area contributed by atoms with Gasteiger partial charge in [0.15, 0.2) is 11.5 Å². The fourth-order valence-corrected chi connectivity index (χ4v) is 3.90. The van der Waals surface area contributed by atoms with Crippen molar-refractivity contribution in [3.8, 4) is 11.5 Å². The summed E-state index contributed by atoms with van der Waals surface area (Å²) in [4.78, 5) is 26.0. The Balaban J connectivity index is 2.12. The molecule has 3 aromatic rings. The zero-order valence-corrected chi connectivity index (χ0v) is 19.7. The van der Waals surface area contributed by atoms with Crippen molar-refractivity contribution in [2.45, 2.75) is 59.3 Å². The number of ether oxygens (including phenoxy) is 2. The Morgan fingerprint density at radius 2 is 1.21 bits per heavy atom. The van der Waals surface area contributed by atoms with E-state index in [4.69, 9.17) is 9.47 Å². The first-order valence-electron chi connectivity index (χ1n) is 11.8. The van der Waals surface area contributed by atoms with Crippen LogP contribution < -0.4 is 9.47 Å². The van der Waals surface area contributed by atoms with Crippen LogP contribution in [0.25, 0.3) is 0 Å². The molecule has 4 heteroatoms. The molecule has 0 spiro atoms. The van der Waals surface area contributed by atoms with Crippen LogP contribution >= 0.6 is 0 Å². The summed E-state index contributed by atoms with van der Waals surface area (Å²) < 4.78 is 11.9. The van der Waals surface area contributed by atoms with Gasteiger partial charge in [0.1, 0.15) is 0 Å². The van der Waals surface area contributed by atoms with Gasteiger partial charge in [-0.2, -0.15) is 0 Å². The molecule has 0 radical (unpaired) electrons. The lowest BCUT2D eigenvalue weighted by Gasteiger charge is -2.21. The van der Waals surface area contributed by atoms with E-state index in [2.05, 4.69) is 19.9 Å². The van der Waals surface area contributed by atoms with Crippen molar-refractivity contribution in [2.24, 2.45) is 0 Å².